The molecule has 0 fully saturated rings. The van der Waals surface area contributed by atoms with Gasteiger partial charge in [-0.05, 0) is 12.8 Å². The fraction of sp³-hybridized carbons (Fsp3) is 0.636. The fourth-order valence-corrected chi connectivity index (χ4v) is 2.48. The third kappa shape index (κ3) is 8.86. The minimum absolute atomic E-state index is 0.449. The third-order valence-corrected chi connectivity index (χ3v) is 3.31. The number of hydrogen-bond donors (Lipinski definition) is 0. The zero-order chi connectivity index (χ0) is 9.94. The molecule has 0 heterocycles. The van der Waals surface area contributed by atoms with E-state index in [-0.39, 0.29) is 0 Å². The van der Waals surface area contributed by atoms with Crippen molar-refractivity contribution in [2.75, 3.05) is 0 Å². The standard InChI is InChI=1S/C11H19.ClH.Mg/c1-4-6-7-8-9-10-11(3)5-2;;/h3,5H,2,4,6-10H2,1H3;1H;/q;;+1/p-1. The van der Waals surface area contributed by atoms with Gasteiger partial charge in [0.15, 0.2) is 0 Å². The van der Waals surface area contributed by atoms with Crippen molar-refractivity contribution in [1.29, 1.82) is 0 Å². The zero-order valence-corrected chi connectivity index (χ0v) is 10.9. The van der Waals surface area contributed by atoms with Gasteiger partial charge >= 0.3 is 19.3 Å². The summed E-state index contributed by atoms with van der Waals surface area (Å²) in [5.41, 5.74) is 1.36. The van der Waals surface area contributed by atoms with Gasteiger partial charge < -0.3 is 9.07 Å². The van der Waals surface area contributed by atoms with Crippen molar-refractivity contribution in [2.45, 2.75) is 45.4 Å². The van der Waals surface area contributed by atoms with E-state index in [2.05, 4.69) is 17.7 Å². The molecule has 0 nitrogen and oxygen atoms in total. The Morgan fingerprint density at radius 2 is 2.00 bits per heavy atom. The molecule has 0 aromatic heterocycles. The summed E-state index contributed by atoms with van der Waals surface area (Å²) in [5, 5.41) is 0. The molecule has 2 heteroatoms. The SMILES string of the molecule is C=CC(=[CH][Mg][Cl])CCCCCCC. The van der Waals surface area contributed by atoms with Crippen molar-refractivity contribution in [3.8, 4) is 0 Å². The van der Waals surface area contributed by atoms with Crippen molar-refractivity contribution in [1.82, 2.24) is 0 Å². The van der Waals surface area contributed by atoms with Gasteiger partial charge in [-0.25, -0.2) is 0 Å². The minimum atomic E-state index is -0.449. The van der Waals surface area contributed by atoms with E-state index in [0.717, 1.165) is 0 Å². The lowest BCUT2D eigenvalue weighted by molar-refractivity contribution is 0.633. The normalized spacial score (nSPS) is 11.1. The number of allylic oxidation sites excluding steroid dienone is 2. The maximum Gasteiger partial charge on any atom is 0.531 e. The van der Waals surface area contributed by atoms with Gasteiger partial charge in [0.05, 0.1) is 0 Å². The molecule has 0 saturated carbocycles. The van der Waals surface area contributed by atoms with Crippen LogP contribution in [0.5, 0.6) is 0 Å². The van der Waals surface area contributed by atoms with Crippen LogP contribution in [-0.4, -0.2) is 19.3 Å². The lowest BCUT2D eigenvalue weighted by atomic mass is 10.1. The molecule has 0 aromatic rings. The Morgan fingerprint density at radius 3 is 2.54 bits per heavy atom. The molecule has 0 aromatic carbocycles. The Balaban J connectivity index is 3.39. The highest BCUT2D eigenvalue weighted by Crippen LogP contribution is 2.11. The molecular formula is C11H19ClMg. The van der Waals surface area contributed by atoms with E-state index in [0.29, 0.717) is 0 Å². The van der Waals surface area contributed by atoms with Crippen LogP contribution in [-0.2, 0) is 0 Å². The van der Waals surface area contributed by atoms with E-state index in [1.807, 2.05) is 6.08 Å². The van der Waals surface area contributed by atoms with Gasteiger partial charge in [0, 0.05) is 0 Å². The first kappa shape index (κ1) is 13.5. The van der Waals surface area contributed by atoms with E-state index in [4.69, 9.17) is 9.07 Å². The van der Waals surface area contributed by atoms with Gasteiger partial charge in [-0.3, -0.25) is 0 Å². The third-order valence-electron chi connectivity index (χ3n) is 2.17. The van der Waals surface area contributed by atoms with Crippen LogP contribution in [0, 0.1) is 0 Å². The minimum Gasteiger partial charge on any atom is -0.336 e. The smallest absolute Gasteiger partial charge is 0.336 e. The maximum absolute atomic E-state index is 5.75. The summed E-state index contributed by atoms with van der Waals surface area (Å²) >= 11 is -0.449. The van der Waals surface area contributed by atoms with Gasteiger partial charge in [-0.2, -0.15) is 4.21 Å². The predicted molar refractivity (Wildman–Crippen MR) is 63.3 cm³/mol. The maximum atomic E-state index is 5.75. The largest absolute Gasteiger partial charge is 0.531 e. The zero-order valence-electron chi connectivity index (χ0n) is 8.69. The number of hydrogen-bond acceptors (Lipinski definition) is 0. The van der Waals surface area contributed by atoms with Crippen LogP contribution >= 0.6 is 9.07 Å². The lowest BCUT2D eigenvalue weighted by Crippen LogP contribution is -1.83. The van der Waals surface area contributed by atoms with Crippen LogP contribution in [0.1, 0.15) is 45.4 Å². The Hall–Kier alpha value is 0.536. The Morgan fingerprint density at radius 1 is 1.31 bits per heavy atom. The van der Waals surface area contributed by atoms with Crippen molar-refractivity contribution < 1.29 is 0 Å². The highest BCUT2D eigenvalue weighted by Gasteiger charge is 1.93. The number of halogens is 1. The highest BCUT2D eigenvalue weighted by atomic mass is 35.5. The molecule has 0 bridgehead atoms. The van der Waals surface area contributed by atoms with Crippen LogP contribution in [0.3, 0.4) is 0 Å². The molecule has 0 rings (SSSR count). The van der Waals surface area contributed by atoms with Crippen LogP contribution < -0.4 is 0 Å². The molecule has 0 radical (unpaired) electrons. The molecule has 0 saturated heterocycles. The Bertz CT molecular complexity index is 152. The summed E-state index contributed by atoms with van der Waals surface area (Å²) in [4.78, 5) is 0. The van der Waals surface area contributed by atoms with Crippen molar-refractivity contribution in [2.24, 2.45) is 0 Å². The van der Waals surface area contributed by atoms with Crippen molar-refractivity contribution >= 4 is 28.3 Å². The summed E-state index contributed by atoms with van der Waals surface area (Å²) in [6.07, 6.45) is 9.84. The Kier molecular flexibility index (Phi) is 11.1. The fourth-order valence-electron chi connectivity index (χ4n) is 1.32. The van der Waals surface area contributed by atoms with Gasteiger partial charge in [0.25, 0.3) is 0 Å². The summed E-state index contributed by atoms with van der Waals surface area (Å²) < 4.78 is 2.19. The van der Waals surface area contributed by atoms with Crippen molar-refractivity contribution in [3.63, 3.8) is 0 Å². The Labute approximate surface area is 95.9 Å². The van der Waals surface area contributed by atoms with E-state index in [9.17, 15) is 0 Å². The van der Waals surface area contributed by atoms with E-state index in [1.54, 1.807) is 0 Å². The molecule has 72 valence electrons. The second kappa shape index (κ2) is 10.6. The first-order chi connectivity index (χ1) is 6.35. The first-order valence-electron chi connectivity index (χ1n) is 5.22. The average molecular weight is 211 g/mol. The molecule has 13 heavy (non-hydrogen) atoms. The van der Waals surface area contributed by atoms with Crippen LogP contribution in [0.4, 0.5) is 0 Å². The second-order valence-corrected chi connectivity index (χ2v) is 4.94. The van der Waals surface area contributed by atoms with E-state index in [1.165, 1.54) is 44.1 Å². The monoisotopic (exact) mass is 210 g/mol. The molecule has 0 aliphatic carbocycles. The quantitative estimate of drug-likeness (QED) is 0.319. The highest BCUT2D eigenvalue weighted by molar-refractivity contribution is 6.96. The molecular weight excluding hydrogens is 192 g/mol. The molecule has 0 spiro atoms. The van der Waals surface area contributed by atoms with Gasteiger partial charge in [0.1, 0.15) is 0 Å². The number of unbranched alkanes of at least 4 members (excludes halogenated alkanes) is 4. The average Bonchev–Trinajstić information content (AvgIpc) is 2.16. The van der Waals surface area contributed by atoms with Gasteiger partial charge in [-0.1, -0.05) is 50.8 Å². The van der Waals surface area contributed by atoms with E-state index >= 15 is 0 Å². The predicted octanol–water partition coefficient (Wildman–Crippen LogP) is 4.27. The molecule has 0 unspecified atom stereocenters. The van der Waals surface area contributed by atoms with E-state index < -0.39 is 19.3 Å². The van der Waals surface area contributed by atoms with Crippen LogP contribution in [0.15, 0.2) is 22.4 Å². The molecule has 0 aliphatic heterocycles. The van der Waals surface area contributed by atoms with Gasteiger partial charge in [0.2, 0.25) is 0 Å². The topological polar surface area (TPSA) is 0 Å². The lowest BCUT2D eigenvalue weighted by Gasteiger charge is -2.01. The molecule has 0 N–H and O–H groups in total. The summed E-state index contributed by atoms with van der Waals surface area (Å²) in [7, 11) is 5.75. The molecule has 0 amide bonds. The second-order valence-electron chi connectivity index (χ2n) is 3.30. The summed E-state index contributed by atoms with van der Waals surface area (Å²) in [6, 6.07) is 0. The van der Waals surface area contributed by atoms with Crippen LogP contribution in [0.25, 0.3) is 0 Å². The summed E-state index contributed by atoms with van der Waals surface area (Å²) in [5.74, 6) is 0. The van der Waals surface area contributed by atoms with Gasteiger partial charge in [-0.15, -0.1) is 0 Å². The molecule has 0 aliphatic rings. The molecule has 0 atom stereocenters. The number of rotatable bonds is 8. The van der Waals surface area contributed by atoms with Crippen molar-refractivity contribution in [3.05, 3.63) is 22.4 Å². The summed E-state index contributed by atoms with van der Waals surface area (Å²) in [6.45, 7) is 6.03. The van der Waals surface area contributed by atoms with Crippen LogP contribution in [0.2, 0.25) is 0 Å². The first-order valence-corrected chi connectivity index (χ1v) is 8.18.